The highest BCUT2D eigenvalue weighted by Crippen LogP contribution is 2.32. The summed E-state index contributed by atoms with van der Waals surface area (Å²) in [6.07, 6.45) is 11.8. The summed E-state index contributed by atoms with van der Waals surface area (Å²) in [5.41, 5.74) is 9.91. The third kappa shape index (κ3) is 4.85. The van der Waals surface area contributed by atoms with Crippen LogP contribution in [0.1, 0.15) is 75.6 Å². The molecule has 0 saturated heterocycles. The molecule has 0 aliphatic heterocycles. The summed E-state index contributed by atoms with van der Waals surface area (Å²) in [7, 11) is 0. The zero-order valence-corrected chi connectivity index (χ0v) is 15.5. The van der Waals surface area contributed by atoms with Crippen LogP contribution in [0.2, 0.25) is 0 Å². The number of hydrogen-bond acceptors (Lipinski definition) is 3. The van der Waals surface area contributed by atoms with Crippen molar-refractivity contribution in [2.24, 2.45) is 0 Å². The molecule has 0 fully saturated rings. The van der Waals surface area contributed by atoms with Gasteiger partial charge in [-0.3, -0.25) is 5.73 Å². The van der Waals surface area contributed by atoms with Gasteiger partial charge in [-0.1, -0.05) is 46.0 Å². The van der Waals surface area contributed by atoms with Crippen LogP contribution in [0, 0.1) is 11.3 Å². The first kappa shape index (κ1) is 19.1. The molecule has 0 radical (unpaired) electrons. The van der Waals surface area contributed by atoms with Crippen LogP contribution < -0.4 is 10.7 Å². The SMILES string of the molecule is CCCCCCc1[nH+]c(N)c(C#N)c(-c2ccco2)c1CCCCC. The standard InChI is InChI=1S/C21H29N3O/c1-3-5-7-9-12-18-16(11-8-6-4-2)20(19-13-10-14-25-19)17(15-22)21(23)24-18/h10,13-14H,3-9,11-12H2,1-2H3,(H2,23,24)/p+1. The fourth-order valence-corrected chi connectivity index (χ4v) is 3.32. The average molecular weight is 340 g/mol. The number of rotatable bonds is 10. The maximum atomic E-state index is 9.64. The number of nitrogens with one attached hydrogen (secondary N) is 1. The van der Waals surface area contributed by atoms with Gasteiger partial charge in [0.05, 0.1) is 11.8 Å². The molecule has 0 amide bonds. The topological polar surface area (TPSA) is 77.1 Å². The van der Waals surface area contributed by atoms with Crippen molar-refractivity contribution < 1.29 is 9.40 Å². The number of nitrogens with zero attached hydrogens (tertiary/aromatic N) is 1. The highest BCUT2D eigenvalue weighted by Gasteiger charge is 2.24. The lowest BCUT2D eigenvalue weighted by molar-refractivity contribution is -0.374. The molecule has 25 heavy (non-hydrogen) atoms. The summed E-state index contributed by atoms with van der Waals surface area (Å²) in [5.74, 6) is 1.18. The average Bonchev–Trinajstić information content (AvgIpc) is 3.14. The van der Waals surface area contributed by atoms with Crippen molar-refractivity contribution in [2.75, 3.05) is 5.73 Å². The second kappa shape index (κ2) is 9.88. The number of nitrogen functional groups attached to an aromatic ring is 1. The van der Waals surface area contributed by atoms with Gasteiger partial charge in [-0.05, 0) is 31.4 Å². The number of nitrogens with two attached hydrogens (primary N) is 1. The second-order valence-electron chi connectivity index (χ2n) is 6.60. The largest absolute Gasteiger partial charge is 0.464 e. The lowest BCUT2D eigenvalue weighted by atomic mass is 9.92. The van der Waals surface area contributed by atoms with Crippen LogP contribution in [0.4, 0.5) is 5.82 Å². The molecule has 2 aromatic rings. The molecule has 0 atom stereocenters. The van der Waals surface area contributed by atoms with E-state index in [0.29, 0.717) is 11.4 Å². The number of nitriles is 1. The highest BCUT2D eigenvalue weighted by molar-refractivity contribution is 5.74. The third-order valence-electron chi connectivity index (χ3n) is 4.66. The third-order valence-corrected chi connectivity index (χ3v) is 4.66. The van der Waals surface area contributed by atoms with Gasteiger partial charge >= 0.3 is 0 Å². The molecule has 0 bridgehead atoms. The van der Waals surface area contributed by atoms with E-state index in [0.717, 1.165) is 42.7 Å². The summed E-state index contributed by atoms with van der Waals surface area (Å²) in [5, 5.41) is 9.64. The molecule has 2 rings (SSSR count). The van der Waals surface area contributed by atoms with Crippen LogP contribution >= 0.6 is 0 Å². The number of pyridine rings is 1. The molecule has 0 aromatic carbocycles. The molecule has 0 aliphatic rings. The van der Waals surface area contributed by atoms with Crippen molar-refractivity contribution in [2.45, 2.75) is 71.6 Å². The Morgan fingerprint density at radius 1 is 1.08 bits per heavy atom. The maximum absolute atomic E-state index is 9.64. The molecule has 2 heterocycles. The number of unbranched alkanes of at least 4 members (excludes halogenated alkanes) is 5. The van der Waals surface area contributed by atoms with E-state index in [1.807, 2.05) is 12.1 Å². The number of anilines is 1. The number of H-pyrrole nitrogens is 1. The van der Waals surface area contributed by atoms with Crippen LogP contribution in [-0.2, 0) is 12.8 Å². The van der Waals surface area contributed by atoms with Crippen LogP contribution in [0.15, 0.2) is 22.8 Å². The molecule has 4 nitrogen and oxygen atoms in total. The van der Waals surface area contributed by atoms with Gasteiger partial charge in [-0.25, -0.2) is 4.98 Å². The summed E-state index contributed by atoms with van der Waals surface area (Å²) in [6, 6.07) is 6.05. The van der Waals surface area contributed by atoms with Gasteiger partial charge in [-0.2, -0.15) is 5.26 Å². The number of aromatic nitrogens is 1. The molecule has 134 valence electrons. The van der Waals surface area contributed by atoms with Crippen molar-refractivity contribution in [3.8, 4) is 17.4 Å². The first-order chi connectivity index (χ1) is 12.2. The van der Waals surface area contributed by atoms with Gasteiger partial charge in [0.25, 0.3) is 5.82 Å². The number of aromatic amines is 1. The normalized spacial score (nSPS) is 10.8. The molecule has 0 spiro atoms. The quantitative estimate of drug-likeness (QED) is 0.613. The minimum Gasteiger partial charge on any atom is -0.464 e. The Bertz CT molecular complexity index is 699. The van der Waals surface area contributed by atoms with E-state index in [4.69, 9.17) is 10.2 Å². The minimum atomic E-state index is 0.443. The Hall–Kier alpha value is -2.28. The van der Waals surface area contributed by atoms with Gasteiger partial charge in [0.15, 0.2) is 5.56 Å². The first-order valence-corrected chi connectivity index (χ1v) is 9.53. The molecular weight excluding hydrogens is 310 g/mol. The van der Waals surface area contributed by atoms with E-state index in [-0.39, 0.29) is 0 Å². The van der Waals surface area contributed by atoms with Gasteiger partial charge in [0, 0.05) is 12.0 Å². The minimum absolute atomic E-state index is 0.443. The Kier molecular flexibility index (Phi) is 7.53. The molecule has 0 saturated carbocycles. The summed E-state index contributed by atoms with van der Waals surface area (Å²) < 4.78 is 5.64. The number of hydrogen-bond donors (Lipinski definition) is 1. The van der Waals surface area contributed by atoms with Crippen molar-refractivity contribution >= 4 is 5.82 Å². The van der Waals surface area contributed by atoms with Crippen LogP contribution in [-0.4, -0.2) is 0 Å². The van der Waals surface area contributed by atoms with Gasteiger partial charge in [0.2, 0.25) is 0 Å². The molecule has 0 aliphatic carbocycles. The lowest BCUT2D eigenvalue weighted by Gasteiger charge is -2.13. The van der Waals surface area contributed by atoms with Crippen molar-refractivity contribution in [3.63, 3.8) is 0 Å². The first-order valence-electron chi connectivity index (χ1n) is 9.53. The van der Waals surface area contributed by atoms with Crippen LogP contribution in [0.25, 0.3) is 11.3 Å². The van der Waals surface area contributed by atoms with Crippen LogP contribution in [0.3, 0.4) is 0 Å². The number of aryl methyl sites for hydroxylation is 1. The highest BCUT2D eigenvalue weighted by atomic mass is 16.3. The molecule has 2 aromatic heterocycles. The van der Waals surface area contributed by atoms with Crippen molar-refractivity contribution in [3.05, 3.63) is 35.2 Å². The summed E-state index contributed by atoms with van der Waals surface area (Å²) in [4.78, 5) is 3.32. The summed E-state index contributed by atoms with van der Waals surface area (Å²) >= 11 is 0. The van der Waals surface area contributed by atoms with E-state index < -0.39 is 0 Å². The molecule has 4 heteroatoms. The second-order valence-corrected chi connectivity index (χ2v) is 6.60. The fraction of sp³-hybridized carbons (Fsp3) is 0.524. The smallest absolute Gasteiger partial charge is 0.289 e. The van der Waals surface area contributed by atoms with E-state index in [2.05, 4.69) is 24.9 Å². The Labute approximate surface area is 151 Å². The zero-order chi connectivity index (χ0) is 18.1. The van der Waals surface area contributed by atoms with Crippen molar-refractivity contribution in [1.82, 2.24) is 0 Å². The van der Waals surface area contributed by atoms with E-state index >= 15 is 0 Å². The molecular formula is C21H30N3O+. The Morgan fingerprint density at radius 3 is 2.44 bits per heavy atom. The Balaban J connectivity index is 2.44. The van der Waals surface area contributed by atoms with Crippen LogP contribution in [0.5, 0.6) is 0 Å². The van der Waals surface area contributed by atoms with E-state index in [9.17, 15) is 5.26 Å². The van der Waals surface area contributed by atoms with Gasteiger partial charge < -0.3 is 4.42 Å². The number of furan rings is 1. The Morgan fingerprint density at radius 2 is 1.80 bits per heavy atom. The zero-order valence-electron chi connectivity index (χ0n) is 15.5. The van der Waals surface area contributed by atoms with Gasteiger partial charge in [0.1, 0.15) is 17.5 Å². The predicted octanol–water partition coefficient (Wildman–Crippen LogP) is 5.07. The monoisotopic (exact) mass is 340 g/mol. The van der Waals surface area contributed by atoms with Gasteiger partial charge in [-0.15, -0.1) is 0 Å². The van der Waals surface area contributed by atoms with E-state index in [1.165, 1.54) is 37.7 Å². The maximum Gasteiger partial charge on any atom is 0.289 e. The molecule has 0 unspecified atom stereocenters. The molecule has 3 N–H and O–H groups in total. The predicted molar refractivity (Wildman–Crippen MR) is 101 cm³/mol. The van der Waals surface area contributed by atoms with Crippen molar-refractivity contribution in [1.29, 1.82) is 5.26 Å². The summed E-state index contributed by atoms with van der Waals surface area (Å²) in [6.45, 7) is 4.42. The lowest BCUT2D eigenvalue weighted by Crippen LogP contribution is -2.22. The van der Waals surface area contributed by atoms with E-state index in [1.54, 1.807) is 6.26 Å². The fourth-order valence-electron chi connectivity index (χ4n) is 3.32.